The van der Waals surface area contributed by atoms with Crippen LogP contribution in [0.25, 0.3) is 0 Å². The average molecular weight is 332 g/mol. The van der Waals surface area contributed by atoms with Gasteiger partial charge in [0, 0.05) is 26.0 Å². The largest absolute Gasteiger partial charge is 0.543 e. The van der Waals surface area contributed by atoms with E-state index in [1.807, 2.05) is 6.92 Å². The summed E-state index contributed by atoms with van der Waals surface area (Å²) in [6, 6.07) is 0. The monoisotopic (exact) mass is 331 g/mol. The van der Waals surface area contributed by atoms with Crippen LogP contribution in [0.5, 0.6) is 0 Å². The summed E-state index contributed by atoms with van der Waals surface area (Å²) in [5.41, 5.74) is -0.632. The highest BCUT2D eigenvalue weighted by molar-refractivity contribution is 6.96. The van der Waals surface area contributed by atoms with Gasteiger partial charge < -0.3 is 22.8 Å². The highest BCUT2D eigenvalue weighted by Gasteiger charge is 2.50. The molecule has 2 atom stereocenters. The van der Waals surface area contributed by atoms with Gasteiger partial charge in [0.15, 0.2) is 15.2 Å². The molecule has 6 nitrogen and oxygen atoms in total. The van der Waals surface area contributed by atoms with E-state index >= 15 is 0 Å². The maximum Gasteiger partial charge on any atom is 0.543 e. The number of carbonyl (C=O) groups excluding carboxylic acids is 2. The van der Waals surface area contributed by atoms with Crippen molar-refractivity contribution in [1.29, 1.82) is 0 Å². The van der Waals surface area contributed by atoms with E-state index in [2.05, 4.69) is 16.8 Å². The first-order valence-corrected chi connectivity index (χ1v) is 9.62. The lowest BCUT2D eigenvalue weighted by molar-refractivity contribution is -0.143. The van der Waals surface area contributed by atoms with Gasteiger partial charge in [-0.2, -0.15) is 0 Å². The van der Waals surface area contributed by atoms with Crippen LogP contribution in [0.2, 0.25) is 0 Å². The molecule has 0 amide bonds. The SMILES string of the molecule is C=CC(=O)OC(CC)[Si](OC)(OCC)OC[Si]C(=O)[Si]. The maximum absolute atomic E-state index is 11.4. The minimum Gasteiger partial charge on any atom is -0.455 e. The Kier molecular flexibility index (Phi) is 9.88. The van der Waals surface area contributed by atoms with Gasteiger partial charge in [0.2, 0.25) is 0 Å². The molecule has 0 aliphatic heterocycles. The van der Waals surface area contributed by atoms with Crippen LogP contribution in [-0.4, -0.2) is 65.2 Å². The number of carbonyl (C=O) groups is 2. The van der Waals surface area contributed by atoms with Crippen molar-refractivity contribution in [3.05, 3.63) is 12.7 Å². The fourth-order valence-corrected chi connectivity index (χ4v) is 5.03. The molecule has 0 N–H and O–H groups in total. The van der Waals surface area contributed by atoms with Gasteiger partial charge in [-0.25, -0.2) is 4.79 Å². The predicted molar refractivity (Wildman–Crippen MR) is 77.6 cm³/mol. The maximum atomic E-state index is 11.4. The first-order chi connectivity index (χ1) is 9.45. The van der Waals surface area contributed by atoms with E-state index in [1.54, 1.807) is 6.92 Å². The van der Waals surface area contributed by atoms with E-state index in [-0.39, 0.29) is 20.8 Å². The molecule has 0 aromatic carbocycles. The number of hydrogen-bond donors (Lipinski definition) is 0. The van der Waals surface area contributed by atoms with Gasteiger partial charge in [0.25, 0.3) is 0 Å². The first-order valence-electron chi connectivity index (χ1n) is 6.11. The van der Waals surface area contributed by atoms with E-state index < -0.39 is 20.5 Å². The summed E-state index contributed by atoms with van der Waals surface area (Å²) in [6.45, 7) is 7.34. The minimum absolute atomic E-state index is 0.0735. The highest BCUT2D eigenvalue weighted by atomic mass is 28.4. The Hall–Kier alpha value is -0.589. The fourth-order valence-electron chi connectivity index (χ4n) is 1.47. The van der Waals surface area contributed by atoms with E-state index in [9.17, 15) is 9.59 Å². The summed E-state index contributed by atoms with van der Waals surface area (Å²) in [7, 11) is 1.06. The van der Waals surface area contributed by atoms with Crippen LogP contribution >= 0.6 is 0 Å². The van der Waals surface area contributed by atoms with Gasteiger partial charge in [-0.15, -0.1) is 0 Å². The topological polar surface area (TPSA) is 71.1 Å². The molecule has 0 aliphatic carbocycles. The fraction of sp³-hybridized carbons (Fsp3) is 0.636. The molecule has 0 bridgehead atoms. The molecule has 9 heteroatoms. The van der Waals surface area contributed by atoms with Crippen LogP contribution in [-0.2, 0) is 22.8 Å². The van der Waals surface area contributed by atoms with Crippen molar-refractivity contribution in [3.8, 4) is 0 Å². The van der Waals surface area contributed by atoms with E-state index in [0.29, 0.717) is 13.0 Å². The Balaban J connectivity index is 4.98. The molecule has 111 valence electrons. The van der Waals surface area contributed by atoms with Gasteiger partial charge in [0.1, 0.15) is 10.2 Å². The normalized spacial score (nSPS) is 15.2. The van der Waals surface area contributed by atoms with Crippen LogP contribution in [0.3, 0.4) is 0 Å². The lowest BCUT2D eigenvalue weighted by Crippen LogP contribution is -2.57. The van der Waals surface area contributed by atoms with Crippen molar-refractivity contribution >= 4 is 39.6 Å². The lowest BCUT2D eigenvalue weighted by Gasteiger charge is -2.33. The molecule has 0 saturated heterocycles. The number of hydrogen-bond acceptors (Lipinski definition) is 6. The van der Waals surface area contributed by atoms with Crippen LogP contribution in [0.15, 0.2) is 12.7 Å². The summed E-state index contributed by atoms with van der Waals surface area (Å²) < 4.78 is 22.0. The summed E-state index contributed by atoms with van der Waals surface area (Å²) >= 11 is 0. The zero-order chi connectivity index (χ0) is 15.6. The average Bonchev–Trinajstić information content (AvgIpc) is 2.43. The molecule has 20 heavy (non-hydrogen) atoms. The van der Waals surface area contributed by atoms with Crippen molar-refractivity contribution in [1.82, 2.24) is 0 Å². The lowest BCUT2D eigenvalue weighted by atomic mass is 10.5. The molecule has 0 heterocycles. The second kappa shape index (κ2) is 10.2. The summed E-state index contributed by atoms with van der Waals surface area (Å²) in [6.07, 6.45) is 1.71. The molecular weight excluding hydrogens is 312 g/mol. The van der Waals surface area contributed by atoms with E-state index in [0.717, 1.165) is 6.08 Å². The highest BCUT2D eigenvalue weighted by Crippen LogP contribution is 2.20. The Morgan fingerprint density at radius 1 is 1.40 bits per heavy atom. The Bertz CT molecular complexity index is 338. The summed E-state index contributed by atoms with van der Waals surface area (Å²) in [5, 5.41) is -0.156. The zero-order valence-corrected chi connectivity index (χ0v) is 14.9. The quantitative estimate of drug-likeness (QED) is 0.314. The molecule has 0 saturated carbocycles. The van der Waals surface area contributed by atoms with Crippen molar-refractivity contribution < 1.29 is 27.6 Å². The first kappa shape index (κ1) is 19.4. The van der Waals surface area contributed by atoms with E-state index in [4.69, 9.17) is 18.0 Å². The van der Waals surface area contributed by atoms with Crippen molar-refractivity contribution in [2.24, 2.45) is 0 Å². The van der Waals surface area contributed by atoms with Gasteiger partial charge in [0.05, 0.1) is 5.03 Å². The molecule has 0 aromatic rings. The van der Waals surface area contributed by atoms with Crippen LogP contribution in [0, 0.1) is 0 Å². The van der Waals surface area contributed by atoms with Crippen LogP contribution in [0.1, 0.15) is 20.3 Å². The summed E-state index contributed by atoms with van der Waals surface area (Å²) in [4.78, 5) is 22.3. The summed E-state index contributed by atoms with van der Waals surface area (Å²) in [5.74, 6) is -0.562. The zero-order valence-electron chi connectivity index (χ0n) is 11.9. The molecule has 0 aromatic heterocycles. The van der Waals surface area contributed by atoms with E-state index in [1.165, 1.54) is 7.11 Å². The number of ether oxygens (including phenoxy) is 1. The van der Waals surface area contributed by atoms with Crippen LogP contribution < -0.4 is 0 Å². The molecular formula is C11H19O6Si3. The molecule has 0 aliphatic rings. The Morgan fingerprint density at radius 2 is 2.05 bits per heavy atom. The third kappa shape index (κ3) is 6.24. The molecule has 0 rings (SSSR count). The molecule has 2 unspecified atom stereocenters. The second-order valence-electron chi connectivity index (χ2n) is 3.57. The molecule has 5 radical (unpaired) electrons. The third-order valence-electron chi connectivity index (χ3n) is 2.33. The number of esters is 1. The Morgan fingerprint density at radius 3 is 2.45 bits per heavy atom. The number of rotatable bonds is 11. The van der Waals surface area contributed by atoms with Gasteiger partial charge in [-0.3, -0.25) is 0 Å². The molecule has 0 spiro atoms. The Labute approximate surface area is 126 Å². The van der Waals surface area contributed by atoms with Crippen molar-refractivity contribution in [2.45, 2.75) is 26.0 Å². The van der Waals surface area contributed by atoms with Gasteiger partial charge >= 0.3 is 14.8 Å². The van der Waals surface area contributed by atoms with Crippen LogP contribution in [0.4, 0.5) is 4.79 Å². The predicted octanol–water partition coefficient (Wildman–Crippen LogP) is 0.622. The standard InChI is InChI=1S/C11H19O6Si3/c1-5-9(12)17-10(6-2)20(14-4,15-7-3)16-8-19-11(13)18/h5,10H,1,6-8H2,2-4H3. The van der Waals surface area contributed by atoms with Crippen molar-refractivity contribution in [3.63, 3.8) is 0 Å². The smallest absolute Gasteiger partial charge is 0.455 e. The van der Waals surface area contributed by atoms with Gasteiger partial charge in [-0.05, 0) is 13.3 Å². The molecule has 0 fully saturated rings. The van der Waals surface area contributed by atoms with Gasteiger partial charge in [-0.1, -0.05) is 13.5 Å². The van der Waals surface area contributed by atoms with Crippen molar-refractivity contribution in [2.75, 3.05) is 19.9 Å². The minimum atomic E-state index is -3.20. The third-order valence-corrected chi connectivity index (χ3v) is 6.88. The second-order valence-corrected chi connectivity index (χ2v) is 8.46.